The van der Waals surface area contributed by atoms with E-state index in [0.717, 1.165) is 12.8 Å². The van der Waals surface area contributed by atoms with Crippen molar-refractivity contribution in [3.63, 3.8) is 0 Å². The van der Waals surface area contributed by atoms with Crippen LogP contribution < -0.4 is 0 Å². The summed E-state index contributed by atoms with van der Waals surface area (Å²) in [6.45, 7) is 8.36. The minimum Gasteiger partial charge on any atom is -0.324 e. The van der Waals surface area contributed by atoms with Crippen molar-refractivity contribution in [2.75, 3.05) is 0 Å². The third-order valence-corrected chi connectivity index (χ3v) is 4.13. The molecule has 0 aromatic heterocycles. The van der Waals surface area contributed by atoms with Gasteiger partial charge >= 0.3 is 0 Å². The summed E-state index contributed by atoms with van der Waals surface area (Å²) < 4.78 is 22.6. The molecule has 4 nitrogen and oxygen atoms in total. The van der Waals surface area contributed by atoms with E-state index in [4.69, 9.17) is 18.9 Å². The molecule has 112 valence electrons. The second-order valence-electron chi connectivity index (χ2n) is 5.95. The summed E-state index contributed by atoms with van der Waals surface area (Å²) in [6.07, 6.45) is 6.45. The Balaban J connectivity index is 1.92. The highest BCUT2D eigenvalue weighted by molar-refractivity contribution is 4.84. The van der Waals surface area contributed by atoms with Gasteiger partial charge in [0.2, 0.25) is 0 Å². The molecule has 2 aliphatic heterocycles. The predicted octanol–water partition coefficient (Wildman–Crippen LogP) is 3.79. The second-order valence-corrected chi connectivity index (χ2v) is 5.95. The lowest BCUT2D eigenvalue weighted by Crippen LogP contribution is -2.46. The van der Waals surface area contributed by atoms with Crippen LogP contribution in [0.3, 0.4) is 0 Å². The van der Waals surface area contributed by atoms with E-state index in [9.17, 15) is 0 Å². The lowest BCUT2D eigenvalue weighted by atomic mass is 9.73. The monoisotopic (exact) mass is 272 g/mol. The van der Waals surface area contributed by atoms with Gasteiger partial charge in [-0.3, -0.25) is 0 Å². The highest BCUT2D eigenvalue weighted by Gasteiger charge is 2.42. The molecular weight excluding hydrogens is 244 g/mol. The maximum absolute atomic E-state index is 5.64. The average molecular weight is 272 g/mol. The van der Waals surface area contributed by atoms with Gasteiger partial charge in [-0.25, -0.2) is 0 Å². The van der Waals surface area contributed by atoms with E-state index in [1.165, 1.54) is 25.7 Å². The number of hydrogen-bond acceptors (Lipinski definition) is 4. The van der Waals surface area contributed by atoms with Gasteiger partial charge in [0.1, 0.15) is 0 Å². The Morgan fingerprint density at radius 2 is 1.11 bits per heavy atom. The van der Waals surface area contributed by atoms with Crippen LogP contribution in [-0.2, 0) is 18.9 Å². The Morgan fingerprint density at radius 3 is 1.37 bits per heavy atom. The zero-order valence-corrected chi connectivity index (χ0v) is 12.7. The Hall–Kier alpha value is -0.160. The summed E-state index contributed by atoms with van der Waals surface area (Å²) in [5, 5.41) is 0. The van der Waals surface area contributed by atoms with Crippen molar-refractivity contribution in [1.82, 2.24) is 0 Å². The molecular formula is C15H28O4. The number of rotatable bonds is 8. The SMILES string of the molecule is CCCC(CCC)(CC1OC(C)O1)CC1OC(C)O1. The molecule has 0 unspecified atom stereocenters. The normalized spacial score (nSPS) is 34.7. The minimum absolute atomic E-state index is 0.0365. The van der Waals surface area contributed by atoms with Crippen LogP contribution in [0.4, 0.5) is 0 Å². The zero-order valence-electron chi connectivity index (χ0n) is 12.7. The molecule has 0 atom stereocenters. The average Bonchev–Trinajstić information content (AvgIpc) is 2.25. The Kier molecular flexibility index (Phi) is 5.23. The summed E-state index contributed by atoms with van der Waals surface area (Å²) >= 11 is 0. The Bertz CT molecular complexity index is 241. The predicted molar refractivity (Wildman–Crippen MR) is 72.3 cm³/mol. The molecule has 2 heterocycles. The lowest BCUT2D eigenvalue weighted by molar-refractivity contribution is -0.398. The van der Waals surface area contributed by atoms with Gasteiger partial charge in [-0.05, 0) is 32.1 Å². The van der Waals surface area contributed by atoms with Gasteiger partial charge in [0, 0.05) is 12.8 Å². The van der Waals surface area contributed by atoms with E-state index in [2.05, 4.69) is 13.8 Å². The molecule has 2 rings (SSSR count). The lowest BCUT2D eigenvalue weighted by Gasteiger charge is -2.45. The summed E-state index contributed by atoms with van der Waals surface area (Å²) in [4.78, 5) is 0. The highest BCUT2D eigenvalue weighted by atomic mass is 16.9. The number of ether oxygens (including phenoxy) is 4. The Labute approximate surface area is 116 Å². The van der Waals surface area contributed by atoms with Gasteiger partial charge in [0.15, 0.2) is 25.2 Å². The fourth-order valence-corrected chi connectivity index (χ4v) is 3.45. The molecule has 0 radical (unpaired) electrons. The van der Waals surface area contributed by atoms with Crippen molar-refractivity contribution in [2.45, 2.75) is 91.4 Å². The first-order valence-electron chi connectivity index (χ1n) is 7.69. The molecule has 0 aliphatic carbocycles. The fraction of sp³-hybridized carbons (Fsp3) is 1.00. The molecule has 0 aromatic carbocycles. The maximum atomic E-state index is 5.64. The molecule has 0 saturated carbocycles. The molecule has 2 saturated heterocycles. The van der Waals surface area contributed by atoms with Crippen LogP contribution in [0.2, 0.25) is 0 Å². The summed E-state index contributed by atoms with van der Waals surface area (Å²) in [5.41, 5.74) is 0.221. The molecule has 0 bridgehead atoms. The molecule has 0 spiro atoms. The van der Waals surface area contributed by atoms with Crippen LogP contribution in [0, 0.1) is 5.41 Å². The van der Waals surface area contributed by atoms with Crippen molar-refractivity contribution >= 4 is 0 Å². The van der Waals surface area contributed by atoms with Crippen LogP contribution in [0.1, 0.15) is 66.2 Å². The molecule has 0 amide bonds. The quantitative estimate of drug-likeness (QED) is 0.673. The molecule has 2 fully saturated rings. The topological polar surface area (TPSA) is 36.9 Å². The van der Waals surface area contributed by atoms with Crippen LogP contribution in [0.25, 0.3) is 0 Å². The van der Waals surface area contributed by atoms with Gasteiger partial charge < -0.3 is 18.9 Å². The fourth-order valence-electron chi connectivity index (χ4n) is 3.45. The minimum atomic E-state index is -0.0396. The van der Waals surface area contributed by atoms with Gasteiger partial charge in [0.05, 0.1) is 0 Å². The maximum Gasteiger partial charge on any atom is 0.164 e. The Morgan fingerprint density at radius 1 is 0.737 bits per heavy atom. The smallest absolute Gasteiger partial charge is 0.164 e. The molecule has 0 N–H and O–H groups in total. The van der Waals surface area contributed by atoms with Crippen molar-refractivity contribution in [2.24, 2.45) is 5.41 Å². The van der Waals surface area contributed by atoms with Crippen molar-refractivity contribution in [3.8, 4) is 0 Å². The van der Waals surface area contributed by atoms with Gasteiger partial charge in [-0.1, -0.05) is 26.7 Å². The first-order valence-corrected chi connectivity index (χ1v) is 7.69. The van der Waals surface area contributed by atoms with Crippen molar-refractivity contribution in [1.29, 1.82) is 0 Å². The highest BCUT2D eigenvalue weighted by Crippen LogP contribution is 2.44. The van der Waals surface area contributed by atoms with Gasteiger partial charge in [-0.2, -0.15) is 0 Å². The molecule has 4 heteroatoms. The number of hydrogen-bond donors (Lipinski definition) is 0. The third kappa shape index (κ3) is 3.91. The van der Waals surface area contributed by atoms with Crippen LogP contribution in [0.5, 0.6) is 0 Å². The summed E-state index contributed by atoms with van der Waals surface area (Å²) in [6, 6.07) is 0. The van der Waals surface area contributed by atoms with E-state index in [-0.39, 0.29) is 30.6 Å². The van der Waals surface area contributed by atoms with Crippen LogP contribution in [0.15, 0.2) is 0 Å². The first kappa shape index (κ1) is 15.2. The van der Waals surface area contributed by atoms with Crippen LogP contribution >= 0.6 is 0 Å². The molecule has 2 aliphatic rings. The van der Waals surface area contributed by atoms with E-state index >= 15 is 0 Å². The zero-order chi connectivity index (χ0) is 13.9. The van der Waals surface area contributed by atoms with Crippen molar-refractivity contribution in [3.05, 3.63) is 0 Å². The van der Waals surface area contributed by atoms with Crippen molar-refractivity contribution < 1.29 is 18.9 Å². The second kappa shape index (κ2) is 6.53. The van der Waals surface area contributed by atoms with Gasteiger partial charge in [0.25, 0.3) is 0 Å². The summed E-state index contributed by atoms with van der Waals surface area (Å²) in [5.74, 6) is 0. The van der Waals surface area contributed by atoms with Gasteiger partial charge in [-0.15, -0.1) is 0 Å². The van der Waals surface area contributed by atoms with E-state index in [1.807, 2.05) is 13.8 Å². The largest absolute Gasteiger partial charge is 0.324 e. The first-order chi connectivity index (χ1) is 9.07. The van der Waals surface area contributed by atoms with Crippen LogP contribution in [-0.4, -0.2) is 25.2 Å². The molecule has 0 aromatic rings. The molecule has 19 heavy (non-hydrogen) atoms. The van der Waals surface area contributed by atoms with E-state index in [1.54, 1.807) is 0 Å². The summed E-state index contributed by atoms with van der Waals surface area (Å²) in [7, 11) is 0. The standard InChI is InChI=1S/C15H28O4/c1-5-7-15(8-6-2,9-13-16-11(3)17-13)10-14-18-12(4)19-14/h11-14H,5-10H2,1-4H3. The van der Waals surface area contributed by atoms with E-state index in [0.29, 0.717) is 0 Å². The third-order valence-electron chi connectivity index (χ3n) is 4.13. The van der Waals surface area contributed by atoms with E-state index < -0.39 is 0 Å².